The molecule has 0 aromatic rings. The van der Waals surface area contributed by atoms with E-state index < -0.39 is 10.0 Å². The van der Waals surface area contributed by atoms with Gasteiger partial charge in [0.15, 0.2) is 0 Å². The highest BCUT2D eigenvalue weighted by molar-refractivity contribution is 7.88. The molecule has 0 saturated carbocycles. The summed E-state index contributed by atoms with van der Waals surface area (Å²) in [4.78, 5) is 0. The van der Waals surface area contributed by atoms with Gasteiger partial charge >= 0.3 is 0 Å². The first-order valence-corrected chi connectivity index (χ1v) is 9.48. The van der Waals surface area contributed by atoms with Gasteiger partial charge in [-0.1, -0.05) is 13.8 Å². The molecular formula is C14H30N2O3S. The third-order valence-corrected chi connectivity index (χ3v) is 5.99. The van der Waals surface area contributed by atoms with E-state index in [1.165, 1.54) is 6.26 Å². The SMILES string of the molecule is CCC(CC)(CO)CNCC1CCCN(S(C)(=O)=O)C1. The fraction of sp³-hybridized carbons (Fsp3) is 1.00. The second kappa shape index (κ2) is 7.73. The van der Waals surface area contributed by atoms with Gasteiger partial charge in [0.05, 0.1) is 6.26 Å². The molecule has 0 aliphatic carbocycles. The van der Waals surface area contributed by atoms with Crippen molar-refractivity contribution >= 4 is 10.0 Å². The van der Waals surface area contributed by atoms with Crippen LogP contribution in [0.3, 0.4) is 0 Å². The third-order valence-electron chi connectivity index (χ3n) is 4.72. The molecule has 1 unspecified atom stereocenters. The van der Waals surface area contributed by atoms with E-state index in [-0.39, 0.29) is 12.0 Å². The Kier molecular flexibility index (Phi) is 6.91. The summed E-state index contributed by atoms with van der Waals surface area (Å²) in [6.45, 7) is 7.31. The molecule has 1 heterocycles. The van der Waals surface area contributed by atoms with Crippen molar-refractivity contribution in [1.29, 1.82) is 0 Å². The first-order valence-electron chi connectivity index (χ1n) is 7.63. The molecule has 6 heteroatoms. The molecule has 0 aromatic heterocycles. The molecule has 20 heavy (non-hydrogen) atoms. The minimum absolute atomic E-state index is 0.0365. The van der Waals surface area contributed by atoms with Gasteiger partial charge in [0.25, 0.3) is 0 Å². The molecule has 1 aliphatic rings. The summed E-state index contributed by atoms with van der Waals surface area (Å²) < 4.78 is 24.7. The van der Waals surface area contributed by atoms with E-state index in [0.29, 0.717) is 19.0 Å². The summed E-state index contributed by atoms with van der Waals surface area (Å²) in [5.74, 6) is 0.378. The van der Waals surface area contributed by atoms with E-state index in [2.05, 4.69) is 19.2 Å². The van der Waals surface area contributed by atoms with Crippen molar-refractivity contribution in [2.24, 2.45) is 11.3 Å². The van der Waals surface area contributed by atoms with Gasteiger partial charge in [-0.3, -0.25) is 0 Å². The Morgan fingerprint density at radius 2 is 2.00 bits per heavy atom. The van der Waals surface area contributed by atoms with E-state index in [9.17, 15) is 13.5 Å². The maximum atomic E-state index is 11.6. The van der Waals surface area contributed by atoms with Gasteiger partial charge in [-0.25, -0.2) is 12.7 Å². The molecule has 1 rings (SSSR count). The molecule has 5 nitrogen and oxygen atoms in total. The fourth-order valence-corrected chi connectivity index (χ4v) is 3.76. The highest BCUT2D eigenvalue weighted by Crippen LogP contribution is 2.25. The third kappa shape index (κ3) is 4.98. The number of hydrogen-bond donors (Lipinski definition) is 2. The predicted octanol–water partition coefficient (Wildman–Crippen LogP) is 1.05. The number of aliphatic hydroxyl groups is 1. The maximum absolute atomic E-state index is 11.6. The Labute approximate surface area is 123 Å². The van der Waals surface area contributed by atoms with Gasteiger partial charge in [0.1, 0.15) is 0 Å². The van der Waals surface area contributed by atoms with Crippen LogP contribution in [0.25, 0.3) is 0 Å². The number of sulfonamides is 1. The van der Waals surface area contributed by atoms with Gasteiger partial charge in [-0.15, -0.1) is 0 Å². The van der Waals surface area contributed by atoms with Gasteiger partial charge in [0.2, 0.25) is 10.0 Å². The molecule has 120 valence electrons. The smallest absolute Gasteiger partial charge is 0.211 e. The van der Waals surface area contributed by atoms with Gasteiger partial charge in [0, 0.05) is 31.7 Å². The van der Waals surface area contributed by atoms with E-state index in [1.807, 2.05) is 0 Å². The van der Waals surface area contributed by atoms with Crippen LogP contribution in [0.2, 0.25) is 0 Å². The molecule has 0 bridgehead atoms. The minimum Gasteiger partial charge on any atom is -0.396 e. The van der Waals surface area contributed by atoms with E-state index >= 15 is 0 Å². The number of piperidine rings is 1. The van der Waals surface area contributed by atoms with Crippen molar-refractivity contribution in [3.63, 3.8) is 0 Å². The summed E-state index contributed by atoms with van der Waals surface area (Å²) in [7, 11) is -3.06. The van der Waals surface area contributed by atoms with Crippen LogP contribution in [0.1, 0.15) is 39.5 Å². The van der Waals surface area contributed by atoms with Crippen LogP contribution in [0.4, 0.5) is 0 Å². The normalized spacial score (nSPS) is 22.1. The number of hydrogen-bond acceptors (Lipinski definition) is 4. The van der Waals surface area contributed by atoms with Crippen LogP contribution in [0.5, 0.6) is 0 Å². The Morgan fingerprint density at radius 1 is 1.35 bits per heavy atom. The molecule has 0 spiro atoms. The zero-order chi connectivity index (χ0) is 15.2. The second-order valence-corrected chi connectivity index (χ2v) is 8.11. The predicted molar refractivity (Wildman–Crippen MR) is 82.1 cm³/mol. The Hall–Kier alpha value is -0.170. The molecule has 1 aliphatic heterocycles. The summed E-state index contributed by atoms with van der Waals surface area (Å²) in [5.41, 5.74) is -0.0365. The van der Waals surface area contributed by atoms with Crippen molar-refractivity contribution in [3.05, 3.63) is 0 Å². The number of rotatable bonds is 8. The van der Waals surface area contributed by atoms with E-state index in [4.69, 9.17) is 0 Å². The van der Waals surface area contributed by atoms with Gasteiger partial charge in [-0.2, -0.15) is 0 Å². The monoisotopic (exact) mass is 306 g/mol. The lowest BCUT2D eigenvalue weighted by Gasteiger charge is -2.33. The summed E-state index contributed by atoms with van der Waals surface area (Å²) in [6, 6.07) is 0. The van der Waals surface area contributed by atoms with Crippen LogP contribution >= 0.6 is 0 Å². The van der Waals surface area contributed by atoms with Crippen LogP contribution in [-0.4, -0.2) is 56.9 Å². The largest absolute Gasteiger partial charge is 0.396 e. The Balaban J connectivity index is 2.42. The lowest BCUT2D eigenvalue weighted by atomic mass is 9.83. The lowest BCUT2D eigenvalue weighted by molar-refractivity contribution is 0.110. The average molecular weight is 306 g/mol. The molecule has 1 saturated heterocycles. The van der Waals surface area contributed by atoms with Gasteiger partial charge < -0.3 is 10.4 Å². The van der Waals surface area contributed by atoms with E-state index in [0.717, 1.165) is 38.8 Å². The average Bonchev–Trinajstić information content (AvgIpc) is 2.44. The number of nitrogens with zero attached hydrogens (tertiary/aromatic N) is 1. The molecule has 0 radical (unpaired) electrons. The van der Waals surface area contributed by atoms with Crippen molar-refractivity contribution in [2.45, 2.75) is 39.5 Å². The van der Waals surface area contributed by atoms with Crippen LogP contribution in [-0.2, 0) is 10.0 Å². The Morgan fingerprint density at radius 3 is 2.50 bits per heavy atom. The van der Waals surface area contributed by atoms with Crippen molar-refractivity contribution in [3.8, 4) is 0 Å². The van der Waals surface area contributed by atoms with Crippen LogP contribution < -0.4 is 5.32 Å². The Bertz CT molecular complexity index is 372. The molecule has 1 atom stereocenters. The first-order chi connectivity index (χ1) is 9.37. The van der Waals surface area contributed by atoms with Crippen molar-refractivity contribution in [1.82, 2.24) is 9.62 Å². The lowest BCUT2D eigenvalue weighted by Crippen LogP contribution is -2.44. The van der Waals surface area contributed by atoms with Crippen molar-refractivity contribution < 1.29 is 13.5 Å². The fourth-order valence-electron chi connectivity index (χ4n) is 2.82. The zero-order valence-electron chi connectivity index (χ0n) is 13.1. The quantitative estimate of drug-likeness (QED) is 0.703. The van der Waals surface area contributed by atoms with Crippen LogP contribution in [0, 0.1) is 11.3 Å². The summed E-state index contributed by atoms with van der Waals surface area (Å²) in [6.07, 6.45) is 5.20. The standard InChI is InChI=1S/C14H30N2O3S/c1-4-14(5-2,12-17)11-15-9-13-7-6-8-16(10-13)20(3,18)19/h13,15,17H,4-12H2,1-3H3. The first kappa shape index (κ1) is 17.9. The zero-order valence-corrected chi connectivity index (χ0v) is 13.9. The number of nitrogens with one attached hydrogen (secondary N) is 1. The highest BCUT2D eigenvalue weighted by atomic mass is 32.2. The molecule has 0 amide bonds. The molecule has 2 N–H and O–H groups in total. The van der Waals surface area contributed by atoms with Crippen LogP contribution in [0.15, 0.2) is 0 Å². The molecule has 0 aromatic carbocycles. The highest BCUT2D eigenvalue weighted by Gasteiger charge is 2.28. The summed E-state index contributed by atoms with van der Waals surface area (Å²) in [5, 5.41) is 13.0. The minimum atomic E-state index is -3.06. The van der Waals surface area contributed by atoms with E-state index in [1.54, 1.807) is 4.31 Å². The molecule has 1 fully saturated rings. The number of aliphatic hydroxyl groups excluding tert-OH is 1. The van der Waals surface area contributed by atoms with Gasteiger partial charge in [-0.05, 0) is 38.1 Å². The summed E-state index contributed by atoms with van der Waals surface area (Å²) >= 11 is 0. The second-order valence-electron chi connectivity index (χ2n) is 6.13. The molecular weight excluding hydrogens is 276 g/mol. The van der Waals surface area contributed by atoms with Crippen molar-refractivity contribution in [2.75, 3.05) is 39.0 Å². The topological polar surface area (TPSA) is 69.6 Å². The maximum Gasteiger partial charge on any atom is 0.211 e.